The summed E-state index contributed by atoms with van der Waals surface area (Å²) in [5.41, 5.74) is 0. The third kappa shape index (κ3) is 6.82. The van der Waals surface area contributed by atoms with Gasteiger partial charge in [-0.3, -0.25) is 9.59 Å². The second-order valence-electron chi connectivity index (χ2n) is 7.20. The smallest absolute Gasteiger partial charge is 0.310 e. The molecule has 1 aliphatic carbocycles. The Labute approximate surface area is 147 Å². The molecule has 4 atom stereocenters. The molecule has 4 unspecified atom stereocenters. The van der Waals surface area contributed by atoms with Gasteiger partial charge in [-0.25, -0.2) is 0 Å². The molecule has 4 heteroatoms. The zero-order valence-electron chi connectivity index (χ0n) is 16.0. The summed E-state index contributed by atoms with van der Waals surface area (Å²) in [7, 11) is 0. The molecule has 0 aromatic carbocycles. The minimum absolute atomic E-state index is 0.0883. The van der Waals surface area contributed by atoms with Gasteiger partial charge < -0.3 is 9.47 Å². The van der Waals surface area contributed by atoms with Crippen molar-refractivity contribution in [2.24, 2.45) is 17.8 Å². The molecule has 0 spiro atoms. The van der Waals surface area contributed by atoms with Gasteiger partial charge in [0.15, 0.2) is 0 Å². The van der Waals surface area contributed by atoms with Crippen LogP contribution >= 0.6 is 0 Å². The van der Waals surface area contributed by atoms with Gasteiger partial charge in [-0.05, 0) is 38.5 Å². The highest BCUT2D eigenvalue weighted by atomic mass is 16.5. The highest BCUT2D eigenvalue weighted by molar-refractivity contribution is 5.82. The molecule has 1 aliphatic rings. The van der Waals surface area contributed by atoms with Crippen molar-refractivity contribution in [3.63, 3.8) is 0 Å². The van der Waals surface area contributed by atoms with Crippen molar-refractivity contribution < 1.29 is 19.1 Å². The standard InChI is InChI=1S/C20H36O4/c1-5-8-11-16(7-3)14-23-19(21)17-12-9-10-13-18(17)20(22)24-15(4)6-2/h15-18H,5-14H2,1-4H3. The minimum Gasteiger partial charge on any atom is -0.465 e. The number of hydrogen-bond acceptors (Lipinski definition) is 4. The molecule has 0 N–H and O–H groups in total. The van der Waals surface area contributed by atoms with Crippen molar-refractivity contribution in [1.29, 1.82) is 0 Å². The number of esters is 2. The molecule has 0 bridgehead atoms. The van der Waals surface area contributed by atoms with E-state index in [4.69, 9.17) is 9.47 Å². The monoisotopic (exact) mass is 340 g/mol. The number of hydrogen-bond donors (Lipinski definition) is 0. The maximum Gasteiger partial charge on any atom is 0.310 e. The molecule has 0 radical (unpaired) electrons. The predicted octanol–water partition coefficient (Wildman–Crippen LogP) is 4.89. The first-order valence-electron chi connectivity index (χ1n) is 9.90. The molecule has 0 heterocycles. The summed E-state index contributed by atoms with van der Waals surface area (Å²) in [6.45, 7) is 8.69. The third-order valence-corrected chi connectivity index (χ3v) is 5.27. The molecule has 0 amide bonds. The van der Waals surface area contributed by atoms with Crippen molar-refractivity contribution in [3.05, 3.63) is 0 Å². The summed E-state index contributed by atoms with van der Waals surface area (Å²) in [5, 5.41) is 0. The second-order valence-corrected chi connectivity index (χ2v) is 7.20. The van der Waals surface area contributed by atoms with Gasteiger partial charge in [-0.1, -0.05) is 52.9 Å². The first-order valence-corrected chi connectivity index (χ1v) is 9.90. The van der Waals surface area contributed by atoms with Gasteiger partial charge in [0.05, 0.1) is 24.5 Å². The Morgan fingerprint density at radius 2 is 1.62 bits per heavy atom. The molecule has 1 rings (SSSR count). The highest BCUT2D eigenvalue weighted by Crippen LogP contribution is 2.32. The summed E-state index contributed by atoms with van der Waals surface area (Å²) in [6.07, 6.45) is 8.62. The van der Waals surface area contributed by atoms with Crippen LogP contribution in [0, 0.1) is 17.8 Å². The average Bonchev–Trinajstić information content (AvgIpc) is 2.61. The van der Waals surface area contributed by atoms with E-state index >= 15 is 0 Å². The molecule has 140 valence electrons. The normalized spacial score (nSPS) is 23.3. The summed E-state index contributed by atoms with van der Waals surface area (Å²) < 4.78 is 11.1. The molecule has 4 nitrogen and oxygen atoms in total. The van der Waals surface area contributed by atoms with Gasteiger partial charge >= 0.3 is 11.9 Å². The van der Waals surface area contributed by atoms with Crippen molar-refractivity contribution in [2.75, 3.05) is 6.61 Å². The van der Waals surface area contributed by atoms with Crippen molar-refractivity contribution in [2.45, 2.75) is 91.6 Å². The molecular formula is C20H36O4. The van der Waals surface area contributed by atoms with Gasteiger partial charge in [-0.2, -0.15) is 0 Å². The van der Waals surface area contributed by atoms with E-state index in [1.807, 2.05) is 13.8 Å². The van der Waals surface area contributed by atoms with Crippen molar-refractivity contribution in [1.82, 2.24) is 0 Å². The molecule has 0 aromatic rings. The second kappa shape index (κ2) is 11.5. The summed E-state index contributed by atoms with van der Waals surface area (Å²) >= 11 is 0. The zero-order valence-corrected chi connectivity index (χ0v) is 16.0. The average molecular weight is 341 g/mol. The lowest BCUT2D eigenvalue weighted by atomic mass is 9.79. The molecule has 1 fully saturated rings. The van der Waals surface area contributed by atoms with E-state index in [2.05, 4.69) is 13.8 Å². The van der Waals surface area contributed by atoms with Gasteiger partial charge in [0.2, 0.25) is 0 Å². The summed E-state index contributed by atoms with van der Waals surface area (Å²) in [4.78, 5) is 24.9. The Balaban J connectivity index is 2.56. The summed E-state index contributed by atoms with van der Waals surface area (Å²) in [6, 6.07) is 0. The van der Waals surface area contributed by atoms with Crippen LogP contribution in [-0.2, 0) is 19.1 Å². The van der Waals surface area contributed by atoms with Crippen LogP contribution in [0.1, 0.15) is 85.5 Å². The maximum atomic E-state index is 12.5. The first-order chi connectivity index (χ1) is 11.5. The number of unbranched alkanes of at least 4 members (excludes halogenated alkanes) is 1. The van der Waals surface area contributed by atoms with E-state index in [1.165, 1.54) is 6.42 Å². The fourth-order valence-corrected chi connectivity index (χ4v) is 3.27. The highest BCUT2D eigenvalue weighted by Gasteiger charge is 2.38. The van der Waals surface area contributed by atoms with Crippen molar-refractivity contribution in [3.8, 4) is 0 Å². The summed E-state index contributed by atoms with van der Waals surface area (Å²) in [5.74, 6) is -0.627. The van der Waals surface area contributed by atoms with E-state index in [0.717, 1.165) is 51.4 Å². The zero-order chi connectivity index (χ0) is 17.9. The SMILES string of the molecule is CCCCC(CC)COC(=O)C1CCCCC1C(=O)OC(C)CC. The lowest BCUT2D eigenvalue weighted by Gasteiger charge is -2.29. The predicted molar refractivity (Wildman–Crippen MR) is 95.6 cm³/mol. The fourth-order valence-electron chi connectivity index (χ4n) is 3.27. The molecule has 24 heavy (non-hydrogen) atoms. The van der Waals surface area contributed by atoms with E-state index in [1.54, 1.807) is 0 Å². The van der Waals surface area contributed by atoms with Crippen LogP contribution in [0.3, 0.4) is 0 Å². The van der Waals surface area contributed by atoms with E-state index in [9.17, 15) is 9.59 Å². The Hall–Kier alpha value is -1.06. The van der Waals surface area contributed by atoms with Crippen LogP contribution in [0.4, 0.5) is 0 Å². The quantitative estimate of drug-likeness (QED) is 0.531. The van der Waals surface area contributed by atoms with Gasteiger partial charge in [0.25, 0.3) is 0 Å². The van der Waals surface area contributed by atoms with Gasteiger partial charge in [0.1, 0.15) is 0 Å². The van der Waals surface area contributed by atoms with Crippen LogP contribution in [-0.4, -0.2) is 24.6 Å². The maximum absolute atomic E-state index is 12.5. The van der Waals surface area contributed by atoms with Gasteiger partial charge in [0, 0.05) is 0 Å². The van der Waals surface area contributed by atoms with Crippen LogP contribution in [0.5, 0.6) is 0 Å². The molecule has 0 aliphatic heterocycles. The molecular weight excluding hydrogens is 304 g/mol. The molecule has 0 saturated heterocycles. The molecule has 1 saturated carbocycles. The van der Waals surface area contributed by atoms with Crippen LogP contribution in [0.2, 0.25) is 0 Å². The number of carbonyl (C=O) groups excluding carboxylic acids is 2. The fraction of sp³-hybridized carbons (Fsp3) is 0.900. The Morgan fingerprint density at radius 1 is 1.00 bits per heavy atom. The Morgan fingerprint density at radius 3 is 2.17 bits per heavy atom. The van der Waals surface area contributed by atoms with E-state index < -0.39 is 0 Å². The number of carbonyl (C=O) groups is 2. The minimum atomic E-state index is -0.323. The lowest BCUT2D eigenvalue weighted by molar-refractivity contribution is -0.166. The first kappa shape index (κ1) is 21.0. The topological polar surface area (TPSA) is 52.6 Å². The number of ether oxygens (including phenoxy) is 2. The Kier molecular flexibility index (Phi) is 10.0. The van der Waals surface area contributed by atoms with Crippen LogP contribution < -0.4 is 0 Å². The van der Waals surface area contributed by atoms with Crippen LogP contribution in [0.25, 0.3) is 0 Å². The largest absolute Gasteiger partial charge is 0.465 e. The van der Waals surface area contributed by atoms with E-state index in [-0.39, 0.29) is 29.9 Å². The number of rotatable bonds is 10. The van der Waals surface area contributed by atoms with E-state index in [0.29, 0.717) is 12.5 Å². The van der Waals surface area contributed by atoms with Crippen LogP contribution in [0.15, 0.2) is 0 Å². The third-order valence-electron chi connectivity index (χ3n) is 5.27. The molecule has 0 aromatic heterocycles. The lowest BCUT2D eigenvalue weighted by Crippen LogP contribution is -2.36. The van der Waals surface area contributed by atoms with Crippen molar-refractivity contribution >= 4 is 11.9 Å². The Bertz CT molecular complexity index is 380. The van der Waals surface area contributed by atoms with Gasteiger partial charge in [-0.15, -0.1) is 0 Å².